The molecule has 29 heavy (non-hydrogen) atoms. The van der Waals surface area contributed by atoms with Gasteiger partial charge in [-0.1, -0.05) is 30.5 Å². The summed E-state index contributed by atoms with van der Waals surface area (Å²) >= 11 is 7.89. The molecule has 0 radical (unpaired) electrons. The summed E-state index contributed by atoms with van der Waals surface area (Å²) in [6.07, 6.45) is 4.61. The number of carbonyl (C=O) groups is 1. The molecule has 2 N–H and O–H groups in total. The van der Waals surface area contributed by atoms with Gasteiger partial charge in [0, 0.05) is 27.3 Å². The Morgan fingerprint density at radius 2 is 1.86 bits per heavy atom. The van der Waals surface area contributed by atoms with Crippen LogP contribution in [-0.4, -0.2) is 26.1 Å². The lowest BCUT2D eigenvalue weighted by Crippen LogP contribution is -2.33. The van der Waals surface area contributed by atoms with Gasteiger partial charge in [-0.2, -0.15) is 0 Å². The number of amides is 1. The fraction of sp³-hybridized carbons (Fsp3) is 0.381. The quantitative estimate of drug-likeness (QED) is 0.701. The molecule has 1 atom stereocenters. The summed E-state index contributed by atoms with van der Waals surface area (Å²) in [4.78, 5) is 14.1. The van der Waals surface area contributed by atoms with Gasteiger partial charge in [-0.25, -0.2) is 13.1 Å². The predicted octanol–water partition coefficient (Wildman–Crippen LogP) is 4.53. The van der Waals surface area contributed by atoms with Gasteiger partial charge < -0.3 is 5.32 Å². The zero-order valence-corrected chi connectivity index (χ0v) is 18.2. The lowest BCUT2D eigenvalue weighted by Gasteiger charge is -2.26. The number of fused-ring (bicyclic) bond motifs is 1. The maximum Gasteiger partial charge on any atom is 0.251 e. The second kappa shape index (κ2) is 8.68. The van der Waals surface area contributed by atoms with Crippen LogP contribution in [0.2, 0.25) is 5.02 Å². The molecular formula is C21H23ClN2O3S2. The van der Waals surface area contributed by atoms with Crippen molar-refractivity contribution < 1.29 is 13.2 Å². The minimum atomic E-state index is -3.64. The summed E-state index contributed by atoms with van der Waals surface area (Å²) in [5.41, 5.74) is 1.34. The van der Waals surface area contributed by atoms with Crippen LogP contribution in [0.5, 0.6) is 0 Å². The summed E-state index contributed by atoms with van der Waals surface area (Å²) in [6, 6.07) is 11.8. The standard InChI is InChI=1S/C21H23ClN2O3S2/c22-15-8-9-20-18(13-15)19(10-11-28-20)23-21(25)14-4-3-7-17(12-14)29(26,27)24-16-5-1-2-6-16/h3-4,7-9,12-13,16,19,24H,1-2,5-6,10-11H2,(H,23,25). The van der Waals surface area contributed by atoms with Crippen LogP contribution in [0.25, 0.3) is 0 Å². The molecule has 1 unspecified atom stereocenters. The number of rotatable bonds is 5. The first-order valence-electron chi connectivity index (χ1n) is 9.78. The van der Waals surface area contributed by atoms with E-state index in [1.54, 1.807) is 23.9 Å². The Morgan fingerprint density at radius 1 is 1.07 bits per heavy atom. The summed E-state index contributed by atoms with van der Waals surface area (Å²) in [5, 5.41) is 3.68. The van der Waals surface area contributed by atoms with Crippen molar-refractivity contribution in [3.63, 3.8) is 0 Å². The summed E-state index contributed by atoms with van der Waals surface area (Å²) in [7, 11) is -3.64. The molecule has 0 aromatic heterocycles. The molecule has 1 saturated carbocycles. The van der Waals surface area contributed by atoms with Crippen molar-refractivity contribution in [3.8, 4) is 0 Å². The van der Waals surface area contributed by atoms with E-state index in [-0.39, 0.29) is 22.9 Å². The van der Waals surface area contributed by atoms with Gasteiger partial charge in [0.05, 0.1) is 10.9 Å². The molecule has 0 saturated heterocycles. The maximum atomic E-state index is 12.9. The van der Waals surface area contributed by atoms with Gasteiger partial charge in [0.1, 0.15) is 0 Å². The Kier molecular flexibility index (Phi) is 6.20. The molecule has 1 aliphatic heterocycles. The van der Waals surface area contributed by atoms with E-state index < -0.39 is 10.0 Å². The molecule has 1 fully saturated rings. The molecule has 1 aliphatic carbocycles. The van der Waals surface area contributed by atoms with Gasteiger partial charge in [0.25, 0.3) is 5.91 Å². The SMILES string of the molecule is O=C(NC1CCSc2ccc(Cl)cc21)c1cccc(S(=O)(=O)NC2CCCC2)c1. The minimum absolute atomic E-state index is 0.0153. The highest BCUT2D eigenvalue weighted by atomic mass is 35.5. The maximum absolute atomic E-state index is 12.9. The lowest BCUT2D eigenvalue weighted by molar-refractivity contribution is 0.0934. The lowest BCUT2D eigenvalue weighted by atomic mass is 10.0. The van der Waals surface area contributed by atoms with Crippen LogP contribution >= 0.6 is 23.4 Å². The Bertz CT molecular complexity index is 1020. The van der Waals surface area contributed by atoms with Gasteiger partial charge in [-0.15, -0.1) is 11.8 Å². The Hall–Kier alpha value is -1.54. The highest BCUT2D eigenvalue weighted by molar-refractivity contribution is 7.99. The molecular weight excluding hydrogens is 428 g/mol. The van der Waals surface area contributed by atoms with Crippen LogP contribution in [0, 0.1) is 0 Å². The molecule has 0 spiro atoms. The Balaban J connectivity index is 1.52. The van der Waals surface area contributed by atoms with Crippen LogP contribution < -0.4 is 10.0 Å². The Morgan fingerprint density at radius 3 is 2.66 bits per heavy atom. The normalized spacial score (nSPS) is 19.7. The predicted molar refractivity (Wildman–Crippen MR) is 116 cm³/mol. The van der Waals surface area contributed by atoms with E-state index in [4.69, 9.17) is 11.6 Å². The third-order valence-electron chi connectivity index (χ3n) is 5.40. The molecule has 1 heterocycles. The monoisotopic (exact) mass is 450 g/mol. The second-order valence-electron chi connectivity index (χ2n) is 7.48. The first kappa shape index (κ1) is 20.7. The van der Waals surface area contributed by atoms with Crippen molar-refractivity contribution in [3.05, 3.63) is 58.6 Å². The molecule has 154 valence electrons. The van der Waals surface area contributed by atoms with E-state index in [1.807, 2.05) is 18.2 Å². The third-order valence-corrected chi connectivity index (χ3v) is 8.28. The highest BCUT2D eigenvalue weighted by Crippen LogP contribution is 2.37. The highest BCUT2D eigenvalue weighted by Gasteiger charge is 2.25. The molecule has 8 heteroatoms. The van der Waals surface area contributed by atoms with E-state index in [9.17, 15) is 13.2 Å². The molecule has 2 aromatic carbocycles. The number of thioether (sulfide) groups is 1. The fourth-order valence-corrected chi connectivity index (χ4v) is 6.53. The average molecular weight is 451 g/mol. The number of halogens is 1. The van der Waals surface area contributed by atoms with E-state index in [0.29, 0.717) is 10.6 Å². The average Bonchev–Trinajstić information content (AvgIpc) is 3.21. The zero-order chi connectivity index (χ0) is 20.4. The van der Waals surface area contributed by atoms with Crippen LogP contribution in [0.15, 0.2) is 52.3 Å². The Labute approximate surface area is 180 Å². The van der Waals surface area contributed by atoms with Crippen LogP contribution in [0.4, 0.5) is 0 Å². The van der Waals surface area contributed by atoms with Crippen LogP contribution in [0.3, 0.4) is 0 Å². The summed E-state index contributed by atoms with van der Waals surface area (Å²) in [6.45, 7) is 0. The first-order chi connectivity index (χ1) is 13.9. The van der Waals surface area contributed by atoms with Crippen molar-refractivity contribution in [1.82, 2.24) is 10.0 Å². The van der Waals surface area contributed by atoms with Crippen molar-refractivity contribution in [2.24, 2.45) is 0 Å². The number of carbonyl (C=O) groups excluding carboxylic acids is 1. The van der Waals surface area contributed by atoms with Gasteiger partial charge >= 0.3 is 0 Å². The van der Waals surface area contributed by atoms with Gasteiger partial charge in [0.2, 0.25) is 10.0 Å². The molecule has 2 aromatic rings. The third kappa shape index (κ3) is 4.79. The molecule has 2 aliphatic rings. The second-order valence-corrected chi connectivity index (χ2v) is 10.8. The topological polar surface area (TPSA) is 75.3 Å². The molecule has 0 bridgehead atoms. The van der Waals surface area contributed by atoms with Crippen molar-refractivity contribution in [2.75, 3.05) is 5.75 Å². The zero-order valence-electron chi connectivity index (χ0n) is 15.9. The minimum Gasteiger partial charge on any atom is -0.345 e. The van der Waals surface area contributed by atoms with Gasteiger partial charge in [-0.05, 0) is 61.2 Å². The number of hydrogen-bond donors (Lipinski definition) is 2. The van der Waals surface area contributed by atoms with E-state index in [2.05, 4.69) is 10.0 Å². The smallest absolute Gasteiger partial charge is 0.251 e. The number of hydrogen-bond acceptors (Lipinski definition) is 4. The molecule has 1 amide bonds. The van der Waals surface area contributed by atoms with E-state index in [1.165, 1.54) is 12.1 Å². The van der Waals surface area contributed by atoms with Crippen LogP contribution in [0.1, 0.15) is 54.1 Å². The molecule has 5 nitrogen and oxygen atoms in total. The van der Waals surface area contributed by atoms with Crippen LogP contribution in [-0.2, 0) is 10.0 Å². The summed E-state index contributed by atoms with van der Waals surface area (Å²) in [5.74, 6) is 0.616. The number of nitrogens with one attached hydrogen (secondary N) is 2. The van der Waals surface area contributed by atoms with Crippen molar-refractivity contribution >= 4 is 39.3 Å². The number of sulfonamides is 1. The largest absolute Gasteiger partial charge is 0.345 e. The summed E-state index contributed by atoms with van der Waals surface area (Å²) < 4.78 is 28.1. The van der Waals surface area contributed by atoms with Crippen molar-refractivity contribution in [2.45, 2.75) is 54.0 Å². The van der Waals surface area contributed by atoms with Crippen molar-refractivity contribution in [1.29, 1.82) is 0 Å². The van der Waals surface area contributed by atoms with E-state index >= 15 is 0 Å². The van der Waals surface area contributed by atoms with Gasteiger partial charge in [0.15, 0.2) is 0 Å². The first-order valence-corrected chi connectivity index (χ1v) is 12.6. The van der Waals surface area contributed by atoms with E-state index in [0.717, 1.165) is 48.3 Å². The fourth-order valence-electron chi connectivity index (χ4n) is 3.89. The molecule has 4 rings (SSSR count). The number of benzene rings is 2. The van der Waals surface area contributed by atoms with Gasteiger partial charge in [-0.3, -0.25) is 4.79 Å².